The van der Waals surface area contributed by atoms with E-state index in [1.807, 2.05) is 31.2 Å². The van der Waals surface area contributed by atoms with E-state index in [9.17, 15) is 4.79 Å². The summed E-state index contributed by atoms with van der Waals surface area (Å²) in [6.45, 7) is 1.89. The van der Waals surface area contributed by atoms with Gasteiger partial charge in [0.25, 0.3) is 0 Å². The highest BCUT2D eigenvalue weighted by molar-refractivity contribution is 5.83. The Balaban J connectivity index is 2.37. The summed E-state index contributed by atoms with van der Waals surface area (Å²) >= 11 is 0. The Bertz CT molecular complexity index is 829. The molecule has 26 heavy (non-hydrogen) atoms. The lowest BCUT2D eigenvalue weighted by atomic mass is 10.1. The van der Waals surface area contributed by atoms with E-state index in [0.29, 0.717) is 29.4 Å². The molecule has 1 N–H and O–H groups in total. The van der Waals surface area contributed by atoms with Gasteiger partial charge in [0.15, 0.2) is 11.5 Å². The van der Waals surface area contributed by atoms with Crippen molar-refractivity contribution in [2.45, 2.75) is 6.92 Å². The molecule has 2 aromatic rings. The normalized spacial score (nSPS) is 11.3. The van der Waals surface area contributed by atoms with Crippen molar-refractivity contribution in [1.82, 2.24) is 0 Å². The summed E-state index contributed by atoms with van der Waals surface area (Å²) in [6, 6.07) is 11.0. The number of carbonyl (C=O) groups excluding carboxylic acids is 1. The number of carbonyl (C=O) groups is 1. The van der Waals surface area contributed by atoms with E-state index < -0.39 is 0 Å². The Hall–Kier alpha value is -3.28. The van der Waals surface area contributed by atoms with Crippen molar-refractivity contribution >= 4 is 24.1 Å². The van der Waals surface area contributed by atoms with Gasteiger partial charge < -0.3 is 19.5 Å². The molecule has 0 unspecified atom stereocenters. The van der Waals surface area contributed by atoms with Crippen LogP contribution < -0.4 is 19.5 Å². The average molecular weight is 354 g/mol. The third-order valence-electron chi connectivity index (χ3n) is 3.68. The van der Waals surface area contributed by atoms with Crippen molar-refractivity contribution in [2.75, 3.05) is 26.6 Å². The van der Waals surface area contributed by atoms with Gasteiger partial charge in [0.1, 0.15) is 11.5 Å². The summed E-state index contributed by atoms with van der Waals surface area (Å²) in [5.74, 6) is 2.49. The van der Waals surface area contributed by atoms with E-state index in [0.717, 1.165) is 16.8 Å². The fourth-order valence-corrected chi connectivity index (χ4v) is 2.37. The fraction of sp³-hybridized carbons (Fsp3) is 0.200. The number of ether oxygens (including phenoxy) is 3. The zero-order chi connectivity index (χ0) is 18.9. The van der Waals surface area contributed by atoms with Crippen LogP contribution in [0.1, 0.15) is 11.1 Å². The Morgan fingerprint density at radius 3 is 2.46 bits per heavy atom. The van der Waals surface area contributed by atoms with E-state index in [2.05, 4.69) is 10.3 Å². The molecule has 0 aromatic heterocycles. The van der Waals surface area contributed by atoms with E-state index in [1.54, 1.807) is 45.7 Å². The Labute approximate surface area is 153 Å². The number of amides is 1. The van der Waals surface area contributed by atoms with Crippen molar-refractivity contribution in [3.05, 3.63) is 53.6 Å². The number of nitrogens with zero attached hydrogens (tertiary/aromatic N) is 1. The predicted octanol–water partition coefficient (Wildman–Crippen LogP) is 3.70. The molecule has 0 heterocycles. The van der Waals surface area contributed by atoms with Gasteiger partial charge in [0.2, 0.25) is 6.41 Å². The smallest absolute Gasteiger partial charge is 0.211 e. The number of nitrogens with one attached hydrogen (secondary N) is 1. The zero-order valence-electron chi connectivity index (χ0n) is 15.3. The summed E-state index contributed by atoms with van der Waals surface area (Å²) in [4.78, 5) is 14.6. The number of methoxy groups -OCH3 is 2. The van der Waals surface area contributed by atoms with Crippen LogP contribution in [0.3, 0.4) is 0 Å². The van der Waals surface area contributed by atoms with Crippen LogP contribution in [0.5, 0.6) is 17.2 Å². The topological polar surface area (TPSA) is 69.2 Å². The van der Waals surface area contributed by atoms with Crippen molar-refractivity contribution in [1.29, 1.82) is 0 Å². The van der Waals surface area contributed by atoms with E-state index in [-0.39, 0.29) is 0 Å². The maximum atomic E-state index is 10.6. The number of hydrogen-bond donors (Lipinski definition) is 1. The Morgan fingerprint density at radius 2 is 1.85 bits per heavy atom. The molecule has 0 aliphatic carbocycles. The SMILES string of the molecule is C/N=C\C=C(\Oc1ccc(NC=O)c(C)c1)c1ccc(OC)c(OC)c1. The molecule has 0 atom stereocenters. The number of anilines is 1. The molecule has 2 aromatic carbocycles. The fourth-order valence-electron chi connectivity index (χ4n) is 2.37. The lowest BCUT2D eigenvalue weighted by molar-refractivity contribution is -0.105. The molecule has 0 aliphatic heterocycles. The summed E-state index contributed by atoms with van der Waals surface area (Å²) < 4.78 is 16.7. The molecule has 0 aliphatic rings. The molecule has 1 amide bonds. The van der Waals surface area contributed by atoms with Gasteiger partial charge in [0.05, 0.1) is 14.2 Å². The third-order valence-corrected chi connectivity index (χ3v) is 3.68. The minimum Gasteiger partial charge on any atom is -0.493 e. The first-order chi connectivity index (χ1) is 12.6. The molecule has 0 saturated heterocycles. The molecule has 6 nitrogen and oxygen atoms in total. The second kappa shape index (κ2) is 9.27. The minimum absolute atomic E-state index is 0.604. The zero-order valence-corrected chi connectivity index (χ0v) is 15.3. The molecule has 0 bridgehead atoms. The van der Waals surface area contributed by atoms with Gasteiger partial charge in [0, 0.05) is 24.5 Å². The lowest BCUT2D eigenvalue weighted by Gasteiger charge is -2.14. The van der Waals surface area contributed by atoms with Gasteiger partial charge in [-0.25, -0.2) is 0 Å². The minimum atomic E-state index is 0.604. The summed E-state index contributed by atoms with van der Waals surface area (Å²) in [7, 11) is 4.86. The summed E-state index contributed by atoms with van der Waals surface area (Å²) in [6.07, 6.45) is 4.07. The summed E-state index contributed by atoms with van der Waals surface area (Å²) in [5.41, 5.74) is 2.44. The Kier molecular flexibility index (Phi) is 6.79. The first kappa shape index (κ1) is 19.1. The van der Waals surface area contributed by atoms with Crippen molar-refractivity contribution < 1.29 is 19.0 Å². The van der Waals surface area contributed by atoms with Crippen LogP contribution in [0.15, 0.2) is 47.5 Å². The number of hydrogen-bond acceptors (Lipinski definition) is 5. The average Bonchev–Trinajstić information content (AvgIpc) is 2.66. The van der Waals surface area contributed by atoms with Crippen LogP contribution in [-0.4, -0.2) is 33.9 Å². The highest BCUT2D eigenvalue weighted by Gasteiger charge is 2.10. The van der Waals surface area contributed by atoms with Gasteiger partial charge in [-0.2, -0.15) is 0 Å². The van der Waals surface area contributed by atoms with E-state index >= 15 is 0 Å². The number of aryl methyl sites for hydroxylation is 1. The highest BCUT2D eigenvalue weighted by atomic mass is 16.5. The van der Waals surface area contributed by atoms with E-state index in [4.69, 9.17) is 14.2 Å². The standard InChI is InChI=1S/C20H22N2O4/c1-14-11-16(6-7-17(14)22-13-23)26-18(9-10-21-2)15-5-8-19(24-3)20(12-15)25-4/h5-13H,1-4H3,(H,22,23)/b18-9+,21-10-. The largest absolute Gasteiger partial charge is 0.493 e. The van der Waals surface area contributed by atoms with Crippen LogP contribution in [0.25, 0.3) is 5.76 Å². The first-order valence-corrected chi connectivity index (χ1v) is 7.96. The maximum Gasteiger partial charge on any atom is 0.211 e. The monoisotopic (exact) mass is 354 g/mol. The van der Waals surface area contributed by atoms with Crippen LogP contribution in [-0.2, 0) is 4.79 Å². The molecule has 0 spiro atoms. The van der Waals surface area contributed by atoms with Gasteiger partial charge in [-0.05, 0) is 55.0 Å². The number of benzene rings is 2. The first-order valence-electron chi connectivity index (χ1n) is 7.96. The lowest BCUT2D eigenvalue weighted by Crippen LogP contribution is -2.00. The van der Waals surface area contributed by atoms with Gasteiger partial charge in [-0.15, -0.1) is 0 Å². The van der Waals surface area contributed by atoms with Crippen molar-refractivity contribution in [3.63, 3.8) is 0 Å². The van der Waals surface area contributed by atoms with Crippen molar-refractivity contribution in [2.24, 2.45) is 4.99 Å². The van der Waals surface area contributed by atoms with Gasteiger partial charge in [-0.1, -0.05) is 0 Å². The van der Waals surface area contributed by atoms with Crippen LogP contribution in [0, 0.1) is 6.92 Å². The molecule has 0 fully saturated rings. The molecule has 2 rings (SSSR count). The molecule has 0 saturated carbocycles. The molecule has 6 heteroatoms. The van der Waals surface area contributed by atoms with Crippen LogP contribution >= 0.6 is 0 Å². The van der Waals surface area contributed by atoms with Crippen molar-refractivity contribution in [3.8, 4) is 17.2 Å². The molecular weight excluding hydrogens is 332 g/mol. The quantitative estimate of drug-likeness (QED) is 0.446. The van der Waals surface area contributed by atoms with E-state index in [1.165, 1.54) is 0 Å². The van der Waals surface area contributed by atoms with Gasteiger partial charge in [-0.3, -0.25) is 9.79 Å². The van der Waals surface area contributed by atoms with Crippen LogP contribution in [0.2, 0.25) is 0 Å². The molecular formula is C20H22N2O4. The summed E-state index contributed by atoms with van der Waals surface area (Å²) in [5, 5.41) is 2.65. The highest BCUT2D eigenvalue weighted by Crippen LogP contribution is 2.32. The predicted molar refractivity (Wildman–Crippen MR) is 103 cm³/mol. The number of rotatable bonds is 8. The second-order valence-electron chi connectivity index (χ2n) is 5.35. The van der Waals surface area contributed by atoms with Crippen LogP contribution in [0.4, 0.5) is 5.69 Å². The Morgan fingerprint density at radius 1 is 1.08 bits per heavy atom. The third kappa shape index (κ3) is 4.63. The number of allylic oxidation sites excluding steroid dienone is 1. The molecule has 0 radical (unpaired) electrons. The van der Waals surface area contributed by atoms with Gasteiger partial charge >= 0.3 is 0 Å². The molecule has 136 valence electrons. The number of aliphatic imine (C=N–C) groups is 1. The second-order valence-corrected chi connectivity index (χ2v) is 5.35. The maximum absolute atomic E-state index is 10.6.